The van der Waals surface area contributed by atoms with Crippen molar-refractivity contribution in [3.05, 3.63) is 42.5 Å². The van der Waals surface area contributed by atoms with Crippen molar-refractivity contribution in [2.75, 3.05) is 19.4 Å². The molecule has 6 heteroatoms. The van der Waals surface area contributed by atoms with Crippen LogP contribution in [0.1, 0.15) is 38.2 Å². The molecule has 0 saturated heterocycles. The second-order valence-corrected chi connectivity index (χ2v) is 8.44. The zero-order valence-electron chi connectivity index (χ0n) is 15.9. The number of para-hydroxylation sites is 1. The van der Waals surface area contributed by atoms with Gasteiger partial charge in [0.05, 0.1) is 0 Å². The van der Waals surface area contributed by atoms with E-state index in [2.05, 4.69) is 22.2 Å². The highest BCUT2D eigenvalue weighted by atomic mass is 32.2. The lowest BCUT2D eigenvalue weighted by Crippen LogP contribution is -2.46. The molecule has 1 fully saturated rings. The van der Waals surface area contributed by atoms with Crippen molar-refractivity contribution in [3.8, 4) is 5.75 Å². The minimum Gasteiger partial charge on any atom is -0.489 e. The number of rotatable bonds is 8. The average Bonchev–Trinajstić information content (AvgIpc) is 2.69. The molecule has 2 rings (SSSR count). The third kappa shape index (κ3) is 6.16. The quantitative estimate of drug-likeness (QED) is 0.415. The number of ether oxygens (including phenoxy) is 1. The Hall–Kier alpha value is -1.82. The molecule has 0 heterocycles. The summed E-state index contributed by atoms with van der Waals surface area (Å²) in [7, 11) is 1.06. The zero-order valence-corrected chi connectivity index (χ0v) is 16.7. The van der Waals surface area contributed by atoms with E-state index < -0.39 is 10.8 Å². The van der Waals surface area contributed by atoms with Crippen LogP contribution in [-0.2, 0) is 17.3 Å². The van der Waals surface area contributed by atoms with Crippen LogP contribution in [0.4, 0.5) is 0 Å². The minimum absolute atomic E-state index is 0.303. The van der Waals surface area contributed by atoms with Crippen molar-refractivity contribution >= 4 is 16.8 Å². The first-order chi connectivity index (χ1) is 12.7. The number of hydrogen-bond donors (Lipinski definition) is 2. The fraction of sp³-hybridized carbons (Fsp3) is 0.550. The van der Waals surface area contributed by atoms with Crippen LogP contribution in [0, 0.1) is 0 Å². The number of guanidine groups is 1. The van der Waals surface area contributed by atoms with E-state index in [9.17, 15) is 4.21 Å². The standard InChI is InChI=1S/C20H31N3O2S/c1-4-13-25-19-12-7-6-9-16(19)15-22-20(21-3)23-17-10-8-11-18(14-17)26(24)5-2/h4,6-7,9,12,17-18H,1,5,8,10-11,13-15H2,2-3H3,(H2,21,22,23). The van der Waals surface area contributed by atoms with Crippen LogP contribution in [0.5, 0.6) is 5.75 Å². The predicted molar refractivity (Wildman–Crippen MR) is 110 cm³/mol. The molecular formula is C20H31N3O2S. The van der Waals surface area contributed by atoms with Crippen LogP contribution in [0.3, 0.4) is 0 Å². The van der Waals surface area contributed by atoms with Crippen molar-refractivity contribution in [2.24, 2.45) is 4.99 Å². The number of nitrogens with zero attached hydrogens (tertiary/aromatic N) is 1. The number of benzene rings is 1. The smallest absolute Gasteiger partial charge is 0.191 e. The normalized spacial score (nSPS) is 21.7. The molecule has 0 aromatic heterocycles. The molecule has 0 aliphatic heterocycles. The molecule has 1 aliphatic rings. The predicted octanol–water partition coefficient (Wildman–Crippen LogP) is 3.00. The van der Waals surface area contributed by atoms with Gasteiger partial charge in [0.25, 0.3) is 0 Å². The fourth-order valence-corrected chi connectivity index (χ4v) is 4.60. The SMILES string of the molecule is C=CCOc1ccccc1CNC(=NC)NC1CCCC(S(=O)CC)C1. The van der Waals surface area contributed by atoms with Crippen LogP contribution in [0.2, 0.25) is 0 Å². The summed E-state index contributed by atoms with van der Waals surface area (Å²) in [5.41, 5.74) is 1.07. The van der Waals surface area contributed by atoms with E-state index in [0.29, 0.717) is 24.4 Å². The lowest BCUT2D eigenvalue weighted by atomic mass is 9.95. The monoisotopic (exact) mass is 377 g/mol. The highest BCUT2D eigenvalue weighted by molar-refractivity contribution is 7.85. The van der Waals surface area contributed by atoms with Gasteiger partial charge in [0, 0.05) is 47.0 Å². The molecule has 0 bridgehead atoms. The van der Waals surface area contributed by atoms with Crippen molar-refractivity contribution in [3.63, 3.8) is 0 Å². The van der Waals surface area contributed by atoms with Gasteiger partial charge in [-0.1, -0.05) is 44.2 Å². The molecule has 0 amide bonds. The molecule has 26 heavy (non-hydrogen) atoms. The first-order valence-electron chi connectivity index (χ1n) is 9.33. The number of nitrogens with one attached hydrogen (secondary N) is 2. The molecule has 0 spiro atoms. The third-order valence-electron chi connectivity index (χ3n) is 4.62. The summed E-state index contributed by atoms with van der Waals surface area (Å²) < 4.78 is 17.8. The van der Waals surface area contributed by atoms with Crippen LogP contribution in [0.25, 0.3) is 0 Å². The van der Waals surface area contributed by atoms with Crippen molar-refractivity contribution in [1.29, 1.82) is 0 Å². The molecule has 1 saturated carbocycles. The summed E-state index contributed by atoms with van der Waals surface area (Å²) in [6.45, 7) is 6.81. The van der Waals surface area contributed by atoms with Gasteiger partial charge in [0.2, 0.25) is 0 Å². The van der Waals surface area contributed by atoms with Crippen molar-refractivity contribution in [1.82, 2.24) is 10.6 Å². The summed E-state index contributed by atoms with van der Waals surface area (Å²) in [6, 6.07) is 8.29. The highest BCUT2D eigenvalue weighted by Gasteiger charge is 2.26. The molecule has 2 N–H and O–H groups in total. The van der Waals surface area contributed by atoms with E-state index in [0.717, 1.165) is 48.7 Å². The Morgan fingerprint density at radius 2 is 2.23 bits per heavy atom. The van der Waals surface area contributed by atoms with Gasteiger partial charge in [0.1, 0.15) is 12.4 Å². The Kier molecular flexibility index (Phi) is 8.68. The minimum atomic E-state index is -0.716. The average molecular weight is 378 g/mol. The summed E-state index contributed by atoms with van der Waals surface area (Å²) in [5, 5.41) is 7.16. The van der Waals surface area contributed by atoms with E-state index in [4.69, 9.17) is 4.74 Å². The second kappa shape index (κ2) is 11.0. The Morgan fingerprint density at radius 3 is 2.96 bits per heavy atom. The maximum Gasteiger partial charge on any atom is 0.191 e. The first kappa shape index (κ1) is 20.5. The van der Waals surface area contributed by atoms with Gasteiger partial charge in [-0.15, -0.1) is 0 Å². The lowest BCUT2D eigenvalue weighted by molar-refractivity contribution is 0.358. The molecule has 3 atom stereocenters. The van der Waals surface area contributed by atoms with E-state index in [1.165, 1.54) is 0 Å². The maximum absolute atomic E-state index is 12.1. The van der Waals surface area contributed by atoms with Crippen LogP contribution >= 0.6 is 0 Å². The Balaban J connectivity index is 1.90. The van der Waals surface area contributed by atoms with E-state index >= 15 is 0 Å². The zero-order chi connectivity index (χ0) is 18.8. The lowest BCUT2D eigenvalue weighted by Gasteiger charge is -2.30. The van der Waals surface area contributed by atoms with Gasteiger partial charge in [0.15, 0.2) is 5.96 Å². The number of hydrogen-bond acceptors (Lipinski definition) is 3. The first-order valence-corrected chi connectivity index (χ1v) is 10.7. The Bertz CT molecular complexity index is 633. The second-order valence-electron chi connectivity index (χ2n) is 6.43. The Labute approximate surface area is 159 Å². The van der Waals surface area contributed by atoms with Gasteiger partial charge >= 0.3 is 0 Å². The summed E-state index contributed by atoms with van der Waals surface area (Å²) >= 11 is 0. The van der Waals surface area contributed by atoms with Crippen molar-refractivity contribution in [2.45, 2.75) is 50.4 Å². The summed E-state index contributed by atoms with van der Waals surface area (Å²) in [5.74, 6) is 2.37. The topological polar surface area (TPSA) is 62.7 Å². The van der Waals surface area contributed by atoms with Gasteiger partial charge in [-0.2, -0.15) is 0 Å². The molecule has 3 unspecified atom stereocenters. The van der Waals surface area contributed by atoms with Crippen LogP contribution in [-0.4, -0.2) is 40.9 Å². The van der Waals surface area contributed by atoms with E-state index in [1.807, 2.05) is 31.2 Å². The fourth-order valence-electron chi connectivity index (χ4n) is 3.26. The van der Waals surface area contributed by atoms with E-state index in [-0.39, 0.29) is 0 Å². The summed E-state index contributed by atoms with van der Waals surface area (Å²) in [6.07, 6.45) is 5.96. The van der Waals surface area contributed by atoms with Crippen LogP contribution in [0.15, 0.2) is 41.9 Å². The van der Waals surface area contributed by atoms with Gasteiger partial charge in [-0.05, 0) is 25.3 Å². The van der Waals surface area contributed by atoms with Gasteiger partial charge in [-0.3, -0.25) is 9.20 Å². The molecule has 1 aromatic rings. The number of aliphatic imine (C=N–C) groups is 1. The molecule has 1 aliphatic carbocycles. The summed E-state index contributed by atoms with van der Waals surface area (Å²) in [4.78, 5) is 4.34. The molecule has 0 radical (unpaired) electrons. The molecular weight excluding hydrogens is 346 g/mol. The highest BCUT2D eigenvalue weighted by Crippen LogP contribution is 2.23. The van der Waals surface area contributed by atoms with E-state index in [1.54, 1.807) is 13.1 Å². The van der Waals surface area contributed by atoms with Gasteiger partial charge in [-0.25, -0.2) is 0 Å². The largest absolute Gasteiger partial charge is 0.489 e. The van der Waals surface area contributed by atoms with Crippen molar-refractivity contribution < 1.29 is 8.95 Å². The Morgan fingerprint density at radius 1 is 1.42 bits per heavy atom. The third-order valence-corrected chi connectivity index (χ3v) is 6.36. The molecule has 1 aromatic carbocycles. The van der Waals surface area contributed by atoms with Gasteiger partial charge < -0.3 is 15.4 Å². The molecule has 5 nitrogen and oxygen atoms in total. The maximum atomic E-state index is 12.1. The molecule has 144 valence electrons. The van der Waals surface area contributed by atoms with Crippen LogP contribution < -0.4 is 15.4 Å².